The Balaban J connectivity index is 2.39. The fourth-order valence-corrected chi connectivity index (χ4v) is 2.05. The molecule has 0 amide bonds. The van der Waals surface area contributed by atoms with Gasteiger partial charge in [-0.25, -0.2) is 0 Å². The molecule has 1 radical (unpaired) electrons. The lowest BCUT2D eigenvalue weighted by Crippen LogP contribution is -1.86. The van der Waals surface area contributed by atoms with Crippen molar-refractivity contribution in [2.45, 2.75) is 32.1 Å². The summed E-state index contributed by atoms with van der Waals surface area (Å²) in [5.41, 5.74) is 1.41. The monoisotopic (exact) mass is 317 g/mol. The van der Waals surface area contributed by atoms with Crippen molar-refractivity contribution in [3.05, 3.63) is 39.6 Å². The van der Waals surface area contributed by atoms with Crippen molar-refractivity contribution in [1.29, 1.82) is 0 Å². The van der Waals surface area contributed by atoms with Crippen molar-refractivity contribution in [2.75, 3.05) is 0 Å². The first-order chi connectivity index (χ1) is 6.74. The van der Waals surface area contributed by atoms with Gasteiger partial charge >= 0.3 is 0 Å². The van der Waals surface area contributed by atoms with Crippen LogP contribution in [-0.2, 0) is 6.42 Å². The number of hydrogen-bond donors (Lipinski definition) is 0. The molecule has 1 aromatic carbocycles. The molecule has 1 aromatic rings. The van der Waals surface area contributed by atoms with E-state index in [9.17, 15) is 0 Å². The molecule has 2 heteroatoms. The van der Waals surface area contributed by atoms with Crippen LogP contribution >= 0.6 is 31.9 Å². The van der Waals surface area contributed by atoms with Crippen molar-refractivity contribution in [3.63, 3.8) is 0 Å². The van der Waals surface area contributed by atoms with Crippen LogP contribution in [0.2, 0.25) is 0 Å². The van der Waals surface area contributed by atoms with Crippen LogP contribution in [0.5, 0.6) is 0 Å². The molecule has 0 aliphatic carbocycles. The van der Waals surface area contributed by atoms with Crippen LogP contribution in [-0.4, -0.2) is 0 Å². The van der Waals surface area contributed by atoms with Gasteiger partial charge in [0.25, 0.3) is 0 Å². The van der Waals surface area contributed by atoms with Gasteiger partial charge in [0, 0.05) is 8.95 Å². The molecule has 14 heavy (non-hydrogen) atoms. The topological polar surface area (TPSA) is 0 Å². The summed E-state index contributed by atoms with van der Waals surface area (Å²) in [7, 11) is 0. The van der Waals surface area contributed by atoms with Gasteiger partial charge < -0.3 is 0 Å². The van der Waals surface area contributed by atoms with Crippen LogP contribution in [0.4, 0.5) is 0 Å². The SMILES string of the molecule is [CH2]CCCCCc1ccc(Br)c(Br)c1. The molecule has 0 bridgehead atoms. The molecule has 0 aromatic heterocycles. The summed E-state index contributed by atoms with van der Waals surface area (Å²) < 4.78 is 2.27. The highest BCUT2D eigenvalue weighted by Gasteiger charge is 1.98. The van der Waals surface area contributed by atoms with Crippen LogP contribution in [0.15, 0.2) is 27.1 Å². The normalized spacial score (nSPS) is 10.5. The second-order valence-corrected chi connectivity index (χ2v) is 5.12. The molecule has 0 saturated carbocycles. The summed E-state index contributed by atoms with van der Waals surface area (Å²) in [6.45, 7) is 3.84. The Morgan fingerprint density at radius 1 is 1.00 bits per heavy atom. The third-order valence-electron chi connectivity index (χ3n) is 2.20. The zero-order valence-electron chi connectivity index (χ0n) is 8.23. The van der Waals surface area contributed by atoms with E-state index in [1.807, 2.05) is 0 Å². The lowest BCUT2D eigenvalue weighted by atomic mass is 10.1. The summed E-state index contributed by atoms with van der Waals surface area (Å²) >= 11 is 6.98. The van der Waals surface area contributed by atoms with Crippen molar-refractivity contribution < 1.29 is 0 Å². The van der Waals surface area contributed by atoms with E-state index in [0.717, 1.165) is 15.4 Å². The minimum atomic E-state index is 1.06. The van der Waals surface area contributed by atoms with Gasteiger partial charge in [0.1, 0.15) is 0 Å². The minimum absolute atomic E-state index is 1.06. The van der Waals surface area contributed by atoms with Gasteiger partial charge in [-0.05, 0) is 62.4 Å². The van der Waals surface area contributed by atoms with Crippen LogP contribution in [0.3, 0.4) is 0 Å². The summed E-state index contributed by atoms with van der Waals surface area (Å²) in [4.78, 5) is 0. The fourth-order valence-electron chi connectivity index (χ4n) is 1.38. The minimum Gasteiger partial charge on any atom is -0.0578 e. The first kappa shape index (κ1) is 12.3. The molecule has 0 unspecified atom stereocenters. The molecule has 0 aliphatic heterocycles. The largest absolute Gasteiger partial charge is 0.0578 e. The Morgan fingerprint density at radius 3 is 2.43 bits per heavy atom. The summed E-state index contributed by atoms with van der Waals surface area (Å²) in [5.74, 6) is 0. The molecule has 77 valence electrons. The van der Waals surface area contributed by atoms with Gasteiger partial charge in [0.05, 0.1) is 0 Å². The highest BCUT2D eigenvalue weighted by Crippen LogP contribution is 2.24. The summed E-state index contributed by atoms with van der Waals surface area (Å²) in [6, 6.07) is 6.47. The van der Waals surface area contributed by atoms with Gasteiger partial charge in [-0.2, -0.15) is 0 Å². The number of aryl methyl sites for hydroxylation is 1. The average Bonchev–Trinajstić information content (AvgIpc) is 2.18. The van der Waals surface area contributed by atoms with Crippen molar-refractivity contribution in [1.82, 2.24) is 0 Å². The van der Waals surface area contributed by atoms with Gasteiger partial charge in [-0.3, -0.25) is 0 Å². The highest BCUT2D eigenvalue weighted by molar-refractivity contribution is 9.13. The zero-order valence-corrected chi connectivity index (χ0v) is 11.4. The van der Waals surface area contributed by atoms with Crippen LogP contribution in [0.25, 0.3) is 0 Å². The third kappa shape index (κ3) is 4.14. The number of halogens is 2. The zero-order chi connectivity index (χ0) is 10.4. The predicted octanol–water partition coefficient (Wildman–Crippen LogP) is 5.15. The third-order valence-corrected chi connectivity index (χ3v) is 4.08. The molecule has 0 saturated heterocycles. The van der Waals surface area contributed by atoms with Crippen molar-refractivity contribution in [2.24, 2.45) is 0 Å². The Bertz CT molecular complexity index is 282. The Hall–Kier alpha value is 0.180. The molecular weight excluding hydrogens is 304 g/mol. The quantitative estimate of drug-likeness (QED) is 0.659. The molecular formula is C12H15Br2. The molecule has 0 spiro atoms. The fraction of sp³-hybridized carbons (Fsp3) is 0.417. The highest BCUT2D eigenvalue weighted by atomic mass is 79.9. The number of benzene rings is 1. The average molecular weight is 319 g/mol. The number of hydrogen-bond acceptors (Lipinski definition) is 0. The van der Waals surface area contributed by atoms with E-state index in [-0.39, 0.29) is 0 Å². The second kappa shape index (κ2) is 6.62. The molecule has 0 aliphatic rings. The van der Waals surface area contributed by atoms with Gasteiger partial charge in [0.15, 0.2) is 0 Å². The maximum absolute atomic E-state index is 3.84. The van der Waals surface area contributed by atoms with E-state index in [1.54, 1.807) is 0 Å². The van der Waals surface area contributed by atoms with E-state index in [2.05, 4.69) is 57.0 Å². The van der Waals surface area contributed by atoms with E-state index in [0.29, 0.717) is 0 Å². The van der Waals surface area contributed by atoms with Crippen LogP contribution < -0.4 is 0 Å². The van der Waals surface area contributed by atoms with E-state index in [1.165, 1.54) is 31.2 Å². The van der Waals surface area contributed by atoms with Crippen LogP contribution in [0.1, 0.15) is 31.2 Å². The number of unbranched alkanes of at least 4 members (excludes halogenated alkanes) is 3. The molecule has 0 heterocycles. The van der Waals surface area contributed by atoms with E-state index in [4.69, 9.17) is 0 Å². The molecule has 0 N–H and O–H groups in total. The van der Waals surface area contributed by atoms with Gasteiger partial charge in [0.2, 0.25) is 0 Å². The first-order valence-electron chi connectivity index (χ1n) is 4.97. The standard InChI is InChI=1S/C12H15Br2/c1-2-3-4-5-6-10-7-8-11(13)12(14)9-10/h7-9H,1-6H2. The summed E-state index contributed by atoms with van der Waals surface area (Å²) in [6.07, 6.45) is 6.04. The van der Waals surface area contributed by atoms with Gasteiger partial charge in [-0.1, -0.05) is 32.3 Å². The van der Waals surface area contributed by atoms with Crippen molar-refractivity contribution in [3.8, 4) is 0 Å². The van der Waals surface area contributed by atoms with Gasteiger partial charge in [-0.15, -0.1) is 0 Å². The summed E-state index contributed by atoms with van der Waals surface area (Å²) in [5, 5.41) is 0. The molecule has 0 atom stereocenters. The maximum Gasteiger partial charge on any atom is 0.0320 e. The Labute approximate surface area is 103 Å². The van der Waals surface area contributed by atoms with Crippen molar-refractivity contribution >= 4 is 31.9 Å². The van der Waals surface area contributed by atoms with E-state index >= 15 is 0 Å². The smallest absolute Gasteiger partial charge is 0.0320 e. The molecule has 0 fully saturated rings. The number of rotatable bonds is 5. The lowest BCUT2D eigenvalue weighted by molar-refractivity contribution is 0.686. The maximum atomic E-state index is 3.84. The molecule has 1 rings (SSSR count). The van der Waals surface area contributed by atoms with E-state index < -0.39 is 0 Å². The first-order valence-corrected chi connectivity index (χ1v) is 6.56. The predicted molar refractivity (Wildman–Crippen MR) is 69.4 cm³/mol. The second-order valence-electron chi connectivity index (χ2n) is 3.41. The Morgan fingerprint density at radius 2 is 1.79 bits per heavy atom. The molecule has 0 nitrogen and oxygen atoms in total. The lowest BCUT2D eigenvalue weighted by Gasteiger charge is -2.03. The Kier molecular flexibility index (Phi) is 5.80. The van der Waals surface area contributed by atoms with Crippen LogP contribution in [0, 0.1) is 6.92 Å².